The number of nitrogens with zero attached hydrogens (tertiary/aromatic N) is 1. The molecule has 0 aliphatic carbocycles. The number of rotatable bonds is 11. The molecule has 0 saturated heterocycles. The molecule has 39 heavy (non-hydrogen) atoms. The van der Waals surface area contributed by atoms with Gasteiger partial charge in [-0.3, -0.25) is 0 Å². The maximum atomic E-state index is 13.5. The van der Waals surface area contributed by atoms with Gasteiger partial charge >= 0.3 is 16.3 Å². The molecule has 1 unspecified atom stereocenters. The predicted octanol–water partition coefficient (Wildman–Crippen LogP) is 5.48. The fraction of sp³-hybridized carbons (Fsp3) is 0.308. The maximum absolute atomic E-state index is 13.5. The number of methoxy groups -OCH3 is 2. The number of hydrogen-bond donors (Lipinski definition) is 0. The van der Waals surface area contributed by atoms with Gasteiger partial charge in [-0.25, -0.2) is 8.42 Å². The first-order valence-electron chi connectivity index (χ1n) is 11.7. The Kier molecular flexibility index (Phi) is 9.19. The Morgan fingerprint density at radius 2 is 1.51 bits per heavy atom. The summed E-state index contributed by atoms with van der Waals surface area (Å²) in [4.78, 5) is -0.659. The Morgan fingerprint density at radius 3 is 2.08 bits per heavy atom. The molecule has 1 atom stereocenters. The average molecular weight is 588 g/mol. The van der Waals surface area contributed by atoms with E-state index in [9.17, 15) is 30.0 Å². The third-order valence-corrected chi connectivity index (χ3v) is 9.17. The van der Waals surface area contributed by atoms with Gasteiger partial charge < -0.3 is 13.7 Å². The molecule has 0 radical (unpaired) electrons. The molecule has 3 aromatic rings. The van der Waals surface area contributed by atoms with Crippen LogP contribution >= 0.6 is 0 Å². The van der Waals surface area contributed by atoms with Crippen LogP contribution in [0.3, 0.4) is 0 Å². The molecule has 0 aliphatic rings. The highest BCUT2D eigenvalue weighted by Gasteiger charge is 2.33. The van der Waals surface area contributed by atoms with E-state index >= 15 is 0 Å². The van der Waals surface area contributed by atoms with Gasteiger partial charge in [0.25, 0.3) is 0 Å². The van der Waals surface area contributed by atoms with Crippen molar-refractivity contribution >= 4 is 20.1 Å². The second-order valence-electron chi connectivity index (χ2n) is 8.53. The van der Waals surface area contributed by atoms with E-state index in [1.807, 2.05) is 6.92 Å². The Labute approximate surface area is 226 Å². The zero-order chi connectivity index (χ0) is 29.0. The van der Waals surface area contributed by atoms with Gasteiger partial charge in [0.15, 0.2) is 11.5 Å². The predicted molar refractivity (Wildman–Crippen MR) is 138 cm³/mol. The summed E-state index contributed by atoms with van der Waals surface area (Å²) in [5.41, 5.74) is -0.789. The SMILES string of the molecule is CCC(C)N(Cc1ccc(OC)c(OS(=O)(=O)c2cccc(C(F)(F)F)c2)c1)S(=O)(=O)c1ccc(OC)cc1. The Morgan fingerprint density at radius 1 is 0.846 bits per heavy atom. The summed E-state index contributed by atoms with van der Waals surface area (Å²) in [6.07, 6.45) is -4.27. The van der Waals surface area contributed by atoms with Crippen LogP contribution in [-0.4, -0.2) is 41.4 Å². The Balaban J connectivity index is 1.98. The highest BCUT2D eigenvalue weighted by atomic mass is 32.2. The number of hydrogen-bond acceptors (Lipinski definition) is 7. The van der Waals surface area contributed by atoms with Crippen molar-refractivity contribution in [1.29, 1.82) is 0 Å². The molecule has 0 aromatic heterocycles. The number of ether oxygens (including phenoxy) is 2. The summed E-state index contributed by atoms with van der Waals surface area (Å²) < 4.78 is 109. The molecule has 3 aromatic carbocycles. The van der Waals surface area contributed by atoms with Crippen molar-refractivity contribution in [2.24, 2.45) is 0 Å². The van der Waals surface area contributed by atoms with Crippen LogP contribution in [0.4, 0.5) is 13.2 Å². The number of sulfonamides is 1. The number of benzene rings is 3. The van der Waals surface area contributed by atoms with Gasteiger partial charge in [-0.15, -0.1) is 0 Å². The van der Waals surface area contributed by atoms with E-state index in [1.54, 1.807) is 13.0 Å². The fourth-order valence-electron chi connectivity index (χ4n) is 3.62. The maximum Gasteiger partial charge on any atom is 0.416 e. The molecule has 0 bridgehead atoms. The average Bonchev–Trinajstić information content (AvgIpc) is 2.90. The number of halogens is 3. The van der Waals surface area contributed by atoms with Crippen molar-refractivity contribution in [1.82, 2.24) is 4.31 Å². The topological polar surface area (TPSA) is 99.2 Å². The first-order chi connectivity index (χ1) is 18.2. The molecular weight excluding hydrogens is 559 g/mol. The Hall–Kier alpha value is -3.29. The van der Waals surface area contributed by atoms with E-state index in [-0.39, 0.29) is 22.9 Å². The molecule has 3 rings (SSSR count). The smallest absolute Gasteiger partial charge is 0.416 e. The summed E-state index contributed by atoms with van der Waals surface area (Å²) in [5, 5.41) is 0. The lowest BCUT2D eigenvalue weighted by Crippen LogP contribution is -2.37. The highest BCUT2D eigenvalue weighted by Crippen LogP contribution is 2.34. The molecule has 0 spiro atoms. The van der Waals surface area contributed by atoms with Crippen LogP contribution in [0.2, 0.25) is 0 Å². The summed E-state index contributed by atoms with van der Waals surface area (Å²) in [7, 11) is -5.95. The second kappa shape index (κ2) is 11.8. The number of alkyl halides is 3. The van der Waals surface area contributed by atoms with Crippen LogP contribution in [0.5, 0.6) is 17.2 Å². The molecule has 0 N–H and O–H groups in total. The molecule has 13 heteroatoms. The lowest BCUT2D eigenvalue weighted by Gasteiger charge is -2.28. The van der Waals surface area contributed by atoms with Crippen LogP contribution in [0.25, 0.3) is 0 Å². The monoisotopic (exact) mass is 587 g/mol. The van der Waals surface area contributed by atoms with Crippen LogP contribution in [0.15, 0.2) is 76.5 Å². The van der Waals surface area contributed by atoms with E-state index in [2.05, 4.69) is 0 Å². The summed E-state index contributed by atoms with van der Waals surface area (Å²) >= 11 is 0. The van der Waals surface area contributed by atoms with Gasteiger partial charge in [0.05, 0.1) is 24.7 Å². The molecule has 212 valence electrons. The summed E-state index contributed by atoms with van der Waals surface area (Å²) in [5.74, 6) is 0.170. The van der Waals surface area contributed by atoms with Crippen molar-refractivity contribution in [3.63, 3.8) is 0 Å². The van der Waals surface area contributed by atoms with Crippen LogP contribution in [0, 0.1) is 0 Å². The molecule has 0 fully saturated rings. The molecule has 8 nitrogen and oxygen atoms in total. The van der Waals surface area contributed by atoms with Gasteiger partial charge in [-0.2, -0.15) is 25.9 Å². The van der Waals surface area contributed by atoms with Crippen molar-refractivity contribution < 1.29 is 43.7 Å². The van der Waals surface area contributed by atoms with Gasteiger partial charge in [-0.05, 0) is 73.5 Å². The van der Waals surface area contributed by atoms with Gasteiger partial charge in [0.1, 0.15) is 10.6 Å². The minimum Gasteiger partial charge on any atom is -0.497 e. The van der Waals surface area contributed by atoms with Crippen LogP contribution < -0.4 is 13.7 Å². The molecule has 0 heterocycles. The third kappa shape index (κ3) is 7.02. The van der Waals surface area contributed by atoms with Crippen molar-refractivity contribution in [3.05, 3.63) is 77.9 Å². The molecule has 0 amide bonds. The lowest BCUT2D eigenvalue weighted by molar-refractivity contribution is -0.137. The second-order valence-corrected chi connectivity index (χ2v) is 12.0. The molecular formula is C26H28F3NO7S2. The lowest BCUT2D eigenvalue weighted by atomic mass is 10.2. The first-order valence-corrected chi connectivity index (χ1v) is 14.5. The summed E-state index contributed by atoms with van der Waals surface area (Å²) in [6.45, 7) is 3.42. The van der Waals surface area contributed by atoms with Gasteiger partial charge in [0, 0.05) is 12.6 Å². The van der Waals surface area contributed by atoms with Crippen LogP contribution in [-0.2, 0) is 32.9 Å². The first kappa shape index (κ1) is 30.3. The van der Waals surface area contributed by atoms with E-state index in [1.165, 1.54) is 54.9 Å². The molecule has 0 aliphatic heterocycles. The van der Waals surface area contributed by atoms with E-state index in [0.29, 0.717) is 23.8 Å². The van der Waals surface area contributed by atoms with E-state index < -0.39 is 42.8 Å². The highest BCUT2D eigenvalue weighted by molar-refractivity contribution is 7.89. The van der Waals surface area contributed by atoms with Gasteiger partial charge in [0.2, 0.25) is 10.0 Å². The van der Waals surface area contributed by atoms with E-state index in [0.717, 1.165) is 18.2 Å². The van der Waals surface area contributed by atoms with E-state index in [4.69, 9.17) is 13.7 Å². The van der Waals surface area contributed by atoms with Crippen LogP contribution in [0.1, 0.15) is 31.4 Å². The quantitative estimate of drug-likeness (QED) is 0.274. The minimum atomic E-state index is -4.75. The normalized spacial score (nSPS) is 13.2. The molecule has 0 saturated carbocycles. The Bertz CT molecular complexity index is 1510. The van der Waals surface area contributed by atoms with Crippen molar-refractivity contribution in [2.75, 3.05) is 14.2 Å². The largest absolute Gasteiger partial charge is 0.497 e. The van der Waals surface area contributed by atoms with Gasteiger partial charge in [-0.1, -0.05) is 19.1 Å². The zero-order valence-electron chi connectivity index (χ0n) is 21.6. The minimum absolute atomic E-state index is 0.0117. The third-order valence-electron chi connectivity index (χ3n) is 5.96. The van der Waals surface area contributed by atoms with Crippen molar-refractivity contribution in [3.8, 4) is 17.2 Å². The van der Waals surface area contributed by atoms with Crippen molar-refractivity contribution in [2.45, 2.75) is 48.8 Å². The summed E-state index contributed by atoms with van der Waals surface area (Å²) in [6, 6.07) is 12.8. The standard InChI is InChI=1S/C26H28F3NO7S2/c1-5-18(2)30(38(31,32)22-12-10-21(35-3)11-13-22)17-19-9-14-24(36-4)25(15-19)37-39(33,34)23-8-6-7-20(16-23)26(27,28)29/h6-16,18H,5,17H2,1-4H3. The fourth-order valence-corrected chi connectivity index (χ4v) is 6.30. The zero-order valence-corrected chi connectivity index (χ0v) is 23.2.